The molecule has 4 bridgehead atoms. The van der Waals surface area contributed by atoms with Crippen molar-refractivity contribution in [2.45, 2.75) is 57.5 Å². The Morgan fingerprint density at radius 2 is 1.66 bits per heavy atom. The van der Waals surface area contributed by atoms with Crippen molar-refractivity contribution in [2.75, 3.05) is 6.61 Å². The third kappa shape index (κ3) is 2.93. The molecular weight excluding hydrogens is 384 g/mol. The standard InChI is InChI=1S/C22H26N4O2S/c1-2-27-17-5-3-4-6-18(17)28-13-19-25-26-20(23-24-21(26)29-19)22-10-14-7-15(11-22)9-16(8-14)12-22/h3-6,14-16H,2,7-13H2,1H3. The minimum absolute atomic E-state index is 0.196. The van der Waals surface area contributed by atoms with Crippen LogP contribution in [0.4, 0.5) is 0 Å². The van der Waals surface area contributed by atoms with Gasteiger partial charge >= 0.3 is 0 Å². The Kier molecular flexibility index (Phi) is 4.08. The summed E-state index contributed by atoms with van der Waals surface area (Å²) in [6, 6.07) is 7.79. The smallest absolute Gasteiger partial charge is 0.234 e. The molecule has 2 aromatic heterocycles. The fraction of sp³-hybridized carbons (Fsp3) is 0.591. The Morgan fingerprint density at radius 1 is 1.00 bits per heavy atom. The fourth-order valence-electron chi connectivity index (χ4n) is 6.41. The number of rotatable bonds is 6. The van der Waals surface area contributed by atoms with Crippen molar-refractivity contribution < 1.29 is 9.47 Å². The van der Waals surface area contributed by atoms with Crippen LogP contribution in [0.15, 0.2) is 24.3 Å². The van der Waals surface area contributed by atoms with E-state index in [-0.39, 0.29) is 5.41 Å². The monoisotopic (exact) mass is 410 g/mol. The molecule has 0 amide bonds. The lowest BCUT2D eigenvalue weighted by Gasteiger charge is -2.55. The molecule has 6 nitrogen and oxygen atoms in total. The van der Waals surface area contributed by atoms with E-state index in [1.54, 1.807) is 11.3 Å². The van der Waals surface area contributed by atoms with E-state index in [4.69, 9.17) is 14.6 Å². The number of hydrogen-bond acceptors (Lipinski definition) is 6. The van der Waals surface area contributed by atoms with E-state index < -0.39 is 0 Å². The van der Waals surface area contributed by atoms with Gasteiger partial charge in [0, 0.05) is 5.41 Å². The summed E-state index contributed by atoms with van der Waals surface area (Å²) in [4.78, 5) is 0.882. The highest BCUT2D eigenvalue weighted by Gasteiger charge is 2.54. The third-order valence-electron chi connectivity index (χ3n) is 7.05. The largest absolute Gasteiger partial charge is 0.490 e. The number of benzene rings is 1. The van der Waals surface area contributed by atoms with Crippen LogP contribution in [-0.2, 0) is 12.0 Å². The second-order valence-corrected chi connectivity index (χ2v) is 10.1. The van der Waals surface area contributed by atoms with Crippen LogP contribution in [-0.4, -0.2) is 26.4 Å². The Balaban J connectivity index is 1.26. The minimum Gasteiger partial charge on any atom is -0.490 e. The van der Waals surface area contributed by atoms with E-state index in [9.17, 15) is 0 Å². The van der Waals surface area contributed by atoms with Gasteiger partial charge in [0.1, 0.15) is 6.61 Å². The maximum Gasteiger partial charge on any atom is 0.234 e. The lowest BCUT2D eigenvalue weighted by Crippen LogP contribution is -2.49. The normalized spacial score (nSPS) is 30.2. The SMILES string of the molecule is CCOc1ccccc1OCc1nn2c(C34CC5CC(CC(C5)C3)C4)nnc2s1. The molecule has 0 saturated heterocycles. The predicted molar refractivity (Wildman–Crippen MR) is 110 cm³/mol. The molecule has 4 aliphatic rings. The Morgan fingerprint density at radius 3 is 2.31 bits per heavy atom. The molecule has 4 saturated carbocycles. The highest BCUT2D eigenvalue weighted by Crippen LogP contribution is 2.60. The summed E-state index contributed by atoms with van der Waals surface area (Å²) in [6.07, 6.45) is 8.09. The number of hydrogen-bond donors (Lipinski definition) is 0. The average Bonchev–Trinajstić information content (AvgIpc) is 3.27. The van der Waals surface area contributed by atoms with Crippen LogP contribution < -0.4 is 9.47 Å². The number of ether oxygens (including phenoxy) is 2. The first-order valence-electron chi connectivity index (χ1n) is 10.8. The molecule has 4 aliphatic carbocycles. The first-order chi connectivity index (χ1) is 14.2. The maximum absolute atomic E-state index is 6.03. The van der Waals surface area contributed by atoms with E-state index in [0.29, 0.717) is 13.2 Å². The van der Waals surface area contributed by atoms with Gasteiger partial charge < -0.3 is 9.47 Å². The average molecular weight is 411 g/mol. The van der Waals surface area contributed by atoms with Crippen LogP contribution in [0.5, 0.6) is 11.5 Å². The molecule has 0 aliphatic heterocycles. The van der Waals surface area contributed by atoms with Crippen molar-refractivity contribution in [3.8, 4) is 11.5 Å². The first kappa shape index (κ1) is 17.7. The van der Waals surface area contributed by atoms with E-state index in [1.165, 1.54) is 38.5 Å². The van der Waals surface area contributed by atoms with Crippen LogP contribution in [0, 0.1) is 17.8 Å². The fourth-order valence-corrected chi connectivity index (χ4v) is 7.16. The summed E-state index contributed by atoms with van der Waals surface area (Å²) < 4.78 is 13.7. The van der Waals surface area contributed by atoms with Crippen molar-refractivity contribution in [1.82, 2.24) is 19.8 Å². The summed E-state index contributed by atoms with van der Waals surface area (Å²) in [5, 5.41) is 14.9. The molecule has 152 valence electrons. The van der Waals surface area contributed by atoms with Crippen LogP contribution in [0.3, 0.4) is 0 Å². The van der Waals surface area contributed by atoms with Crippen molar-refractivity contribution >= 4 is 16.3 Å². The van der Waals surface area contributed by atoms with Crippen LogP contribution in [0.25, 0.3) is 4.96 Å². The number of para-hydroxylation sites is 2. The van der Waals surface area contributed by atoms with E-state index in [2.05, 4.69) is 10.2 Å². The number of fused-ring (bicyclic) bond motifs is 1. The summed E-state index contributed by atoms with van der Waals surface area (Å²) >= 11 is 1.57. The van der Waals surface area contributed by atoms with Gasteiger partial charge in [-0.15, -0.1) is 10.2 Å². The minimum atomic E-state index is 0.196. The molecule has 7 rings (SSSR count). The van der Waals surface area contributed by atoms with Crippen molar-refractivity contribution in [2.24, 2.45) is 17.8 Å². The van der Waals surface area contributed by atoms with Crippen molar-refractivity contribution in [3.63, 3.8) is 0 Å². The van der Waals surface area contributed by atoms with Crippen LogP contribution in [0.1, 0.15) is 56.3 Å². The highest BCUT2D eigenvalue weighted by molar-refractivity contribution is 7.16. The van der Waals surface area contributed by atoms with Gasteiger partial charge in [0.2, 0.25) is 4.96 Å². The molecule has 7 heteroatoms. The molecule has 0 radical (unpaired) electrons. The number of aromatic nitrogens is 4. The zero-order chi connectivity index (χ0) is 19.4. The topological polar surface area (TPSA) is 61.5 Å². The molecule has 4 fully saturated rings. The predicted octanol–water partition coefficient (Wildman–Crippen LogP) is 4.63. The Labute approximate surface area is 174 Å². The van der Waals surface area contributed by atoms with Gasteiger partial charge in [0.25, 0.3) is 0 Å². The zero-order valence-corrected chi connectivity index (χ0v) is 17.5. The Hall–Kier alpha value is -2.15. The molecule has 2 heterocycles. The summed E-state index contributed by atoms with van der Waals surface area (Å²) in [6.45, 7) is 3.01. The highest BCUT2D eigenvalue weighted by atomic mass is 32.1. The maximum atomic E-state index is 6.03. The number of nitrogens with zero attached hydrogens (tertiary/aromatic N) is 4. The lowest BCUT2D eigenvalue weighted by molar-refractivity contribution is -0.0103. The second kappa shape index (κ2) is 6.69. The van der Waals surface area contributed by atoms with Gasteiger partial charge in [0.05, 0.1) is 6.61 Å². The lowest BCUT2D eigenvalue weighted by atomic mass is 9.49. The molecule has 1 aromatic carbocycles. The molecule has 0 unspecified atom stereocenters. The van der Waals surface area contributed by atoms with E-state index in [0.717, 1.165) is 45.0 Å². The molecular formula is C22H26N4O2S. The molecule has 0 spiro atoms. The van der Waals surface area contributed by atoms with Crippen LogP contribution >= 0.6 is 11.3 Å². The van der Waals surface area contributed by atoms with Gasteiger partial charge in [-0.3, -0.25) is 0 Å². The Bertz CT molecular complexity index is 1010. The molecule has 0 N–H and O–H groups in total. The third-order valence-corrected chi connectivity index (χ3v) is 7.92. The summed E-state index contributed by atoms with van der Waals surface area (Å²) in [7, 11) is 0. The second-order valence-electron chi connectivity index (χ2n) is 9.08. The molecule has 0 atom stereocenters. The summed E-state index contributed by atoms with van der Waals surface area (Å²) in [5.74, 6) is 5.26. The van der Waals surface area contributed by atoms with Crippen LogP contribution in [0.2, 0.25) is 0 Å². The van der Waals surface area contributed by atoms with Gasteiger partial charge in [-0.1, -0.05) is 23.5 Å². The zero-order valence-electron chi connectivity index (χ0n) is 16.7. The van der Waals surface area contributed by atoms with Gasteiger partial charge in [-0.25, -0.2) is 0 Å². The first-order valence-corrected chi connectivity index (χ1v) is 11.6. The summed E-state index contributed by atoms with van der Waals surface area (Å²) in [5.41, 5.74) is 0.196. The quantitative estimate of drug-likeness (QED) is 0.593. The van der Waals surface area contributed by atoms with Gasteiger partial charge in [-0.2, -0.15) is 9.61 Å². The van der Waals surface area contributed by atoms with Crippen molar-refractivity contribution in [3.05, 3.63) is 35.1 Å². The van der Waals surface area contributed by atoms with Gasteiger partial charge in [0.15, 0.2) is 22.3 Å². The van der Waals surface area contributed by atoms with E-state index >= 15 is 0 Å². The van der Waals surface area contributed by atoms with Gasteiger partial charge in [-0.05, 0) is 75.3 Å². The molecule has 3 aromatic rings. The molecule has 29 heavy (non-hydrogen) atoms. The van der Waals surface area contributed by atoms with E-state index in [1.807, 2.05) is 35.7 Å². The van der Waals surface area contributed by atoms with Crippen molar-refractivity contribution in [1.29, 1.82) is 0 Å².